The number of pyridine rings is 1. The van der Waals surface area contributed by atoms with Crippen LogP contribution in [0.15, 0.2) is 18.5 Å². The van der Waals surface area contributed by atoms with Crippen molar-refractivity contribution in [3.8, 4) is 6.07 Å². The zero-order valence-corrected chi connectivity index (χ0v) is 12.1. The van der Waals surface area contributed by atoms with Crippen molar-refractivity contribution in [3.63, 3.8) is 0 Å². The summed E-state index contributed by atoms with van der Waals surface area (Å²) in [5, 5.41) is 20.4. The van der Waals surface area contributed by atoms with Crippen LogP contribution >= 0.6 is 0 Å². The first-order valence-electron chi connectivity index (χ1n) is 6.28. The van der Waals surface area contributed by atoms with E-state index in [0.717, 1.165) is 0 Å². The van der Waals surface area contributed by atoms with Gasteiger partial charge >= 0.3 is 12.1 Å². The number of alkyl carbamates (subject to hydrolysis) is 1. The summed E-state index contributed by atoms with van der Waals surface area (Å²) in [6.45, 7) is 5.03. The lowest BCUT2D eigenvalue weighted by atomic mass is 10.0. The molecule has 1 atom stereocenters. The van der Waals surface area contributed by atoms with Crippen molar-refractivity contribution in [2.45, 2.75) is 38.8 Å². The average molecular weight is 291 g/mol. The Kier molecular flexibility index (Phi) is 5.24. The van der Waals surface area contributed by atoms with Gasteiger partial charge in [-0.05, 0) is 32.4 Å². The summed E-state index contributed by atoms with van der Waals surface area (Å²) in [5.74, 6) is -1.21. The molecule has 1 aromatic heterocycles. The molecule has 0 aromatic carbocycles. The fraction of sp³-hybridized carbons (Fsp3) is 0.429. The second-order valence-corrected chi connectivity index (χ2v) is 5.39. The Hall–Kier alpha value is -2.62. The van der Waals surface area contributed by atoms with E-state index in [1.54, 1.807) is 20.8 Å². The molecule has 1 amide bonds. The quantitative estimate of drug-likeness (QED) is 0.868. The van der Waals surface area contributed by atoms with E-state index in [-0.39, 0.29) is 6.42 Å². The second-order valence-electron chi connectivity index (χ2n) is 5.39. The predicted octanol–water partition coefficient (Wildman–Crippen LogP) is 1.47. The van der Waals surface area contributed by atoms with Gasteiger partial charge in [-0.15, -0.1) is 0 Å². The highest BCUT2D eigenvalue weighted by molar-refractivity contribution is 5.80. The number of aliphatic carboxylic acids is 1. The molecule has 0 fully saturated rings. The molecule has 0 aliphatic heterocycles. The van der Waals surface area contributed by atoms with Crippen LogP contribution in [0.1, 0.15) is 31.9 Å². The number of nitrogens with zero attached hydrogens (tertiary/aromatic N) is 2. The summed E-state index contributed by atoms with van der Waals surface area (Å²) < 4.78 is 5.02. The van der Waals surface area contributed by atoms with Gasteiger partial charge in [0.15, 0.2) is 0 Å². The van der Waals surface area contributed by atoms with Gasteiger partial charge in [0.05, 0.1) is 11.6 Å². The predicted molar refractivity (Wildman–Crippen MR) is 73.4 cm³/mol. The molecule has 2 N–H and O–H groups in total. The zero-order valence-electron chi connectivity index (χ0n) is 12.1. The molecule has 0 saturated carbocycles. The van der Waals surface area contributed by atoms with Gasteiger partial charge in [-0.2, -0.15) is 5.26 Å². The molecular weight excluding hydrogens is 274 g/mol. The highest BCUT2D eigenvalue weighted by atomic mass is 16.6. The number of nitriles is 1. The van der Waals surface area contributed by atoms with Gasteiger partial charge in [0.1, 0.15) is 11.6 Å². The van der Waals surface area contributed by atoms with Crippen LogP contribution < -0.4 is 5.32 Å². The Bertz CT molecular complexity index is 572. The molecule has 1 aromatic rings. The van der Waals surface area contributed by atoms with Gasteiger partial charge in [-0.25, -0.2) is 9.59 Å². The third-order valence-corrected chi connectivity index (χ3v) is 2.44. The smallest absolute Gasteiger partial charge is 0.408 e. The number of carboxylic acids is 1. The Morgan fingerprint density at radius 3 is 2.71 bits per heavy atom. The molecule has 0 spiro atoms. The summed E-state index contributed by atoms with van der Waals surface area (Å²) in [7, 11) is 0. The molecule has 7 nitrogen and oxygen atoms in total. The van der Waals surface area contributed by atoms with Gasteiger partial charge in [0.25, 0.3) is 0 Å². The molecule has 21 heavy (non-hydrogen) atoms. The van der Waals surface area contributed by atoms with E-state index < -0.39 is 23.7 Å². The topological polar surface area (TPSA) is 112 Å². The van der Waals surface area contributed by atoms with Crippen molar-refractivity contribution in [1.29, 1.82) is 5.26 Å². The summed E-state index contributed by atoms with van der Waals surface area (Å²) in [6.07, 6.45) is 1.98. The first-order chi connectivity index (χ1) is 9.73. The van der Waals surface area contributed by atoms with Crippen LogP contribution in [0, 0.1) is 11.3 Å². The third kappa shape index (κ3) is 5.48. The first kappa shape index (κ1) is 16.4. The molecule has 112 valence electrons. The number of hydrogen-bond acceptors (Lipinski definition) is 5. The highest BCUT2D eigenvalue weighted by Crippen LogP contribution is 2.10. The van der Waals surface area contributed by atoms with Crippen LogP contribution in [-0.2, 0) is 16.0 Å². The van der Waals surface area contributed by atoms with E-state index in [9.17, 15) is 14.7 Å². The number of carbonyl (C=O) groups excluding carboxylic acids is 1. The molecule has 1 unspecified atom stereocenters. The largest absolute Gasteiger partial charge is 0.480 e. The lowest BCUT2D eigenvalue weighted by molar-refractivity contribution is -0.139. The number of amides is 1. The SMILES string of the molecule is CC(C)(C)OC(=O)NC(Cc1cnccc1C#N)C(=O)O. The Morgan fingerprint density at radius 1 is 1.52 bits per heavy atom. The Balaban J connectivity index is 2.82. The van der Waals surface area contributed by atoms with Crippen molar-refractivity contribution < 1.29 is 19.4 Å². The zero-order chi connectivity index (χ0) is 16.0. The minimum Gasteiger partial charge on any atom is -0.480 e. The molecule has 1 heterocycles. The lowest BCUT2D eigenvalue weighted by Crippen LogP contribution is -2.44. The van der Waals surface area contributed by atoms with E-state index in [0.29, 0.717) is 11.1 Å². The fourth-order valence-corrected chi connectivity index (χ4v) is 1.57. The molecule has 0 aliphatic rings. The summed E-state index contributed by atoms with van der Waals surface area (Å²) in [6, 6.07) is 2.24. The maximum atomic E-state index is 11.6. The van der Waals surface area contributed by atoms with Gasteiger partial charge in [0.2, 0.25) is 0 Å². The van der Waals surface area contributed by atoms with E-state index in [1.807, 2.05) is 6.07 Å². The Labute approximate surface area is 122 Å². The molecule has 0 bridgehead atoms. The monoisotopic (exact) mass is 291 g/mol. The summed E-state index contributed by atoms with van der Waals surface area (Å²) in [5.41, 5.74) is 0.0462. The maximum Gasteiger partial charge on any atom is 0.408 e. The van der Waals surface area contributed by atoms with Crippen LogP contribution in [0.2, 0.25) is 0 Å². The van der Waals surface area contributed by atoms with Crippen molar-refractivity contribution in [1.82, 2.24) is 10.3 Å². The molecule has 7 heteroatoms. The van der Waals surface area contributed by atoms with Crippen LogP contribution in [0.5, 0.6) is 0 Å². The molecule has 0 radical (unpaired) electrons. The molecule has 0 aliphatic carbocycles. The van der Waals surface area contributed by atoms with Crippen molar-refractivity contribution >= 4 is 12.1 Å². The van der Waals surface area contributed by atoms with Crippen molar-refractivity contribution in [2.24, 2.45) is 0 Å². The van der Waals surface area contributed by atoms with Crippen LogP contribution in [0.4, 0.5) is 4.79 Å². The third-order valence-electron chi connectivity index (χ3n) is 2.44. The van der Waals surface area contributed by atoms with Crippen LogP contribution in [-0.4, -0.2) is 33.8 Å². The molecule has 1 rings (SSSR count). The average Bonchev–Trinajstić information content (AvgIpc) is 2.36. The van der Waals surface area contributed by atoms with E-state index in [4.69, 9.17) is 10.00 Å². The van der Waals surface area contributed by atoms with Gasteiger partial charge in [-0.1, -0.05) is 0 Å². The van der Waals surface area contributed by atoms with Crippen LogP contribution in [0.3, 0.4) is 0 Å². The normalized spacial score (nSPS) is 12.1. The summed E-state index contributed by atoms with van der Waals surface area (Å²) in [4.78, 5) is 26.7. The second kappa shape index (κ2) is 6.70. The number of rotatable bonds is 4. The van der Waals surface area contributed by atoms with Crippen molar-refractivity contribution in [2.75, 3.05) is 0 Å². The minimum atomic E-state index is -1.21. The van der Waals surface area contributed by atoms with Gasteiger partial charge < -0.3 is 15.2 Å². The molecule has 0 saturated heterocycles. The number of ether oxygens (including phenoxy) is 1. The minimum absolute atomic E-state index is 0.0503. The van der Waals surface area contributed by atoms with E-state index >= 15 is 0 Å². The summed E-state index contributed by atoms with van der Waals surface area (Å²) >= 11 is 0. The van der Waals surface area contributed by atoms with Crippen LogP contribution in [0.25, 0.3) is 0 Å². The van der Waals surface area contributed by atoms with E-state index in [2.05, 4.69) is 10.3 Å². The Morgan fingerprint density at radius 2 is 2.19 bits per heavy atom. The number of carbonyl (C=O) groups is 2. The first-order valence-corrected chi connectivity index (χ1v) is 6.28. The van der Waals surface area contributed by atoms with Gasteiger partial charge in [0, 0.05) is 18.8 Å². The number of carboxylic acid groups (broad SMARTS) is 1. The lowest BCUT2D eigenvalue weighted by Gasteiger charge is -2.22. The van der Waals surface area contributed by atoms with E-state index in [1.165, 1.54) is 18.5 Å². The number of aromatic nitrogens is 1. The van der Waals surface area contributed by atoms with Crippen molar-refractivity contribution in [3.05, 3.63) is 29.6 Å². The standard InChI is InChI=1S/C14H17N3O4/c1-14(2,3)21-13(20)17-11(12(18)19)6-10-8-16-5-4-9(10)7-15/h4-5,8,11H,6H2,1-3H3,(H,17,20)(H,18,19). The maximum absolute atomic E-state index is 11.6. The fourth-order valence-electron chi connectivity index (χ4n) is 1.57. The number of nitrogens with one attached hydrogen (secondary N) is 1. The number of hydrogen-bond donors (Lipinski definition) is 2. The van der Waals surface area contributed by atoms with Gasteiger partial charge in [-0.3, -0.25) is 4.98 Å². The molecular formula is C14H17N3O4. The highest BCUT2D eigenvalue weighted by Gasteiger charge is 2.25.